The largest absolute Gasteiger partial charge is 0.493 e. The number of unbranched alkanes of at least 4 members (excludes halogenated alkanes) is 1. The Balaban J connectivity index is 1.38. The lowest BCUT2D eigenvalue weighted by molar-refractivity contribution is -0.133. The van der Waals surface area contributed by atoms with Gasteiger partial charge >= 0.3 is 0 Å². The maximum atomic E-state index is 13.3. The predicted octanol–water partition coefficient (Wildman–Crippen LogP) is 3.78. The van der Waals surface area contributed by atoms with E-state index in [1.165, 1.54) is 5.56 Å². The number of nitrogens with one attached hydrogen (secondary N) is 1. The number of aromatic nitrogens is 1. The highest BCUT2D eigenvalue weighted by molar-refractivity contribution is 5.77. The van der Waals surface area contributed by atoms with Crippen molar-refractivity contribution in [1.82, 2.24) is 15.4 Å². The average Bonchev–Trinajstić information content (AvgIpc) is 3.29. The zero-order valence-corrected chi connectivity index (χ0v) is 20.2. The summed E-state index contributed by atoms with van der Waals surface area (Å²) in [5.41, 5.74) is 3.40. The molecule has 7 nitrogen and oxygen atoms in total. The highest BCUT2D eigenvalue weighted by atomic mass is 16.5. The Morgan fingerprint density at radius 1 is 1.18 bits per heavy atom. The average molecular weight is 456 g/mol. The lowest BCUT2D eigenvalue weighted by Gasteiger charge is -2.35. The van der Waals surface area contributed by atoms with E-state index in [-0.39, 0.29) is 5.91 Å². The number of methoxy groups -OCH3 is 2. The smallest absolute Gasteiger partial charge is 0.223 e. The molecule has 0 spiro atoms. The highest BCUT2D eigenvalue weighted by Crippen LogP contribution is 2.34. The van der Waals surface area contributed by atoms with Crippen molar-refractivity contribution in [2.24, 2.45) is 11.8 Å². The SMILES string of the molecule is CCCCc1cc(C[C@@H]2CNCC[C@H]2CC(=O)N2CCc3cc(OC)c(OC)cc3C2)no1. The zero-order valence-electron chi connectivity index (χ0n) is 20.2. The number of rotatable bonds is 9. The second-order valence-electron chi connectivity index (χ2n) is 9.35. The van der Waals surface area contributed by atoms with Crippen molar-refractivity contribution in [3.8, 4) is 11.5 Å². The molecule has 1 saturated heterocycles. The van der Waals surface area contributed by atoms with Crippen molar-refractivity contribution in [2.45, 2.75) is 58.4 Å². The van der Waals surface area contributed by atoms with Gasteiger partial charge in [-0.05, 0) is 73.9 Å². The monoisotopic (exact) mass is 455 g/mol. The van der Waals surface area contributed by atoms with Gasteiger partial charge in [-0.15, -0.1) is 0 Å². The van der Waals surface area contributed by atoms with Crippen molar-refractivity contribution >= 4 is 5.91 Å². The van der Waals surface area contributed by atoms with Crippen LogP contribution in [0, 0.1) is 11.8 Å². The fourth-order valence-corrected chi connectivity index (χ4v) is 5.12. The molecule has 1 aromatic heterocycles. The molecule has 3 heterocycles. The van der Waals surface area contributed by atoms with Crippen LogP contribution in [0.3, 0.4) is 0 Å². The van der Waals surface area contributed by atoms with Gasteiger partial charge in [-0.3, -0.25) is 4.79 Å². The van der Waals surface area contributed by atoms with Crippen LogP contribution in [0.1, 0.15) is 55.2 Å². The number of carbonyl (C=O) groups excluding carboxylic acids is 1. The maximum absolute atomic E-state index is 13.3. The van der Waals surface area contributed by atoms with E-state index < -0.39 is 0 Å². The molecule has 2 aliphatic heterocycles. The van der Waals surface area contributed by atoms with Gasteiger partial charge in [0.25, 0.3) is 0 Å². The number of fused-ring (bicyclic) bond motifs is 1. The van der Waals surface area contributed by atoms with Gasteiger partial charge in [-0.1, -0.05) is 18.5 Å². The van der Waals surface area contributed by atoms with Gasteiger partial charge in [0.15, 0.2) is 11.5 Å². The van der Waals surface area contributed by atoms with E-state index in [1.807, 2.05) is 17.0 Å². The standard InChI is InChI=1S/C26H37N3O4/c1-4-5-6-23-15-22(28-33-23)11-20-16-27-9-7-18(20)14-26(30)29-10-8-19-12-24(31-2)25(32-3)13-21(19)17-29/h12-13,15,18,20,27H,4-11,14,16-17H2,1-3H3/t18-,20+/m0/s1. The van der Waals surface area contributed by atoms with E-state index in [0.717, 1.165) is 86.7 Å². The highest BCUT2D eigenvalue weighted by Gasteiger charge is 2.31. The number of aryl methyl sites for hydroxylation is 1. The molecule has 2 atom stereocenters. The van der Waals surface area contributed by atoms with Gasteiger partial charge in [0.1, 0.15) is 5.76 Å². The molecule has 2 aromatic rings. The molecule has 33 heavy (non-hydrogen) atoms. The third-order valence-electron chi connectivity index (χ3n) is 7.13. The number of hydrogen-bond donors (Lipinski definition) is 1. The lowest BCUT2D eigenvalue weighted by Crippen LogP contribution is -2.42. The minimum absolute atomic E-state index is 0.246. The summed E-state index contributed by atoms with van der Waals surface area (Å²) in [4.78, 5) is 15.3. The van der Waals surface area contributed by atoms with Gasteiger partial charge < -0.3 is 24.2 Å². The van der Waals surface area contributed by atoms with Gasteiger partial charge in [-0.2, -0.15) is 0 Å². The first-order valence-corrected chi connectivity index (χ1v) is 12.3. The second kappa shape index (κ2) is 11.1. The van der Waals surface area contributed by atoms with Crippen molar-refractivity contribution in [2.75, 3.05) is 33.9 Å². The molecule has 1 N–H and O–H groups in total. The topological polar surface area (TPSA) is 76.8 Å². The summed E-state index contributed by atoms with van der Waals surface area (Å²) in [6, 6.07) is 6.17. The van der Waals surface area contributed by atoms with Crippen LogP contribution in [0.2, 0.25) is 0 Å². The lowest BCUT2D eigenvalue weighted by atomic mass is 9.80. The van der Waals surface area contributed by atoms with Crippen LogP contribution < -0.4 is 14.8 Å². The molecule has 180 valence electrons. The van der Waals surface area contributed by atoms with Gasteiger partial charge in [0.2, 0.25) is 5.91 Å². The summed E-state index contributed by atoms with van der Waals surface area (Å²) in [5, 5.41) is 7.81. The number of nitrogens with zero attached hydrogens (tertiary/aromatic N) is 2. The van der Waals surface area contributed by atoms with Crippen molar-refractivity contribution < 1.29 is 18.8 Å². The Morgan fingerprint density at radius 3 is 2.73 bits per heavy atom. The van der Waals surface area contributed by atoms with Crippen LogP contribution in [0.15, 0.2) is 22.7 Å². The van der Waals surface area contributed by atoms with E-state index in [9.17, 15) is 4.79 Å². The summed E-state index contributed by atoms with van der Waals surface area (Å²) in [7, 11) is 3.30. The van der Waals surface area contributed by atoms with Gasteiger partial charge in [0.05, 0.1) is 19.9 Å². The van der Waals surface area contributed by atoms with E-state index in [1.54, 1.807) is 14.2 Å². The van der Waals surface area contributed by atoms with Gasteiger partial charge in [-0.25, -0.2) is 0 Å². The molecule has 1 amide bonds. The molecule has 1 fully saturated rings. The molecular formula is C26H37N3O4. The molecule has 0 bridgehead atoms. The first kappa shape index (κ1) is 23.6. The van der Waals surface area contributed by atoms with Crippen LogP contribution in [0.25, 0.3) is 0 Å². The second-order valence-corrected chi connectivity index (χ2v) is 9.35. The van der Waals surface area contributed by atoms with E-state index >= 15 is 0 Å². The number of amides is 1. The van der Waals surface area contributed by atoms with Crippen LogP contribution >= 0.6 is 0 Å². The Morgan fingerprint density at radius 2 is 1.97 bits per heavy atom. The Kier molecular flexibility index (Phi) is 7.91. The quantitative estimate of drug-likeness (QED) is 0.620. The Labute approximate surface area is 196 Å². The number of ether oxygens (including phenoxy) is 2. The number of benzene rings is 1. The fraction of sp³-hybridized carbons (Fsp3) is 0.615. The summed E-state index contributed by atoms with van der Waals surface area (Å²) >= 11 is 0. The Bertz CT molecular complexity index is 942. The van der Waals surface area contributed by atoms with E-state index in [2.05, 4.69) is 23.5 Å². The molecule has 0 radical (unpaired) electrons. The number of carbonyl (C=O) groups is 1. The minimum Gasteiger partial charge on any atom is -0.493 e. The van der Waals surface area contributed by atoms with Crippen LogP contribution in [-0.2, 0) is 30.6 Å². The van der Waals surface area contributed by atoms with Crippen LogP contribution in [-0.4, -0.2) is 49.8 Å². The Hall–Kier alpha value is -2.54. The van der Waals surface area contributed by atoms with E-state index in [4.69, 9.17) is 14.0 Å². The van der Waals surface area contributed by atoms with Crippen molar-refractivity contribution in [3.63, 3.8) is 0 Å². The summed E-state index contributed by atoms with van der Waals surface area (Å²) in [6.45, 7) is 5.46. The molecule has 4 rings (SSSR count). The van der Waals surface area contributed by atoms with Crippen molar-refractivity contribution in [3.05, 3.63) is 40.8 Å². The summed E-state index contributed by atoms with van der Waals surface area (Å²) in [6.07, 6.45) is 6.53. The van der Waals surface area contributed by atoms with Crippen LogP contribution in [0.4, 0.5) is 0 Å². The maximum Gasteiger partial charge on any atom is 0.223 e. The first-order chi connectivity index (χ1) is 16.1. The molecule has 0 unspecified atom stereocenters. The fourth-order valence-electron chi connectivity index (χ4n) is 5.12. The first-order valence-electron chi connectivity index (χ1n) is 12.3. The minimum atomic E-state index is 0.246. The molecular weight excluding hydrogens is 418 g/mol. The number of hydrogen-bond acceptors (Lipinski definition) is 6. The molecule has 0 saturated carbocycles. The molecule has 7 heteroatoms. The summed E-state index contributed by atoms with van der Waals surface area (Å²) in [5.74, 6) is 3.45. The normalized spacial score (nSPS) is 20.4. The van der Waals surface area contributed by atoms with Crippen molar-refractivity contribution in [1.29, 1.82) is 0 Å². The molecule has 0 aliphatic carbocycles. The summed E-state index contributed by atoms with van der Waals surface area (Å²) < 4.78 is 16.4. The zero-order chi connectivity index (χ0) is 23.2. The molecule has 1 aromatic carbocycles. The third-order valence-corrected chi connectivity index (χ3v) is 7.13. The predicted molar refractivity (Wildman–Crippen MR) is 127 cm³/mol. The molecule has 2 aliphatic rings. The van der Waals surface area contributed by atoms with E-state index in [0.29, 0.717) is 24.8 Å². The number of piperidine rings is 1. The van der Waals surface area contributed by atoms with Crippen LogP contribution in [0.5, 0.6) is 11.5 Å². The van der Waals surface area contributed by atoms with Gasteiger partial charge in [0, 0.05) is 32.0 Å². The third kappa shape index (κ3) is 5.69.